The van der Waals surface area contributed by atoms with Crippen molar-refractivity contribution in [1.82, 2.24) is 20.4 Å². The van der Waals surface area contributed by atoms with Gasteiger partial charge in [0.05, 0.1) is 5.69 Å². The van der Waals surface area contributed by atoms with E-state index in [1.54, 1.807) is 7.05 Å². The maximum atomic E-state index is 14.0. The lowest BCUT2D eigenvalue weighted by Crippen LogP contribution is -2.37. The molecule has 1 heterocycles. The number of nitrogens with zero attached hydrogens (tertiary/aromatic N) is 3. The van der Waals surface area contributed by atoms with Crippen molar-refractivity contribution in [3.63, 3.8) is 0 Å². The first-order valence-corrected chi connectivity index (χ1v) is 8.58. The average Bonchev–Trinajstić information content (AvgIpc) is 2.93. The number of aliphatic imine (C=N–C) groups is 1. The number of halogens is 3. The zero-order valence-corrected chi connectivity index (χ0v) is 15.6. The van der Waals surface area contributed by atoms with Gasteiger partial charge in [0.2, 0.25) is 0 Å². The number of hydrogen-bond acceptors (Lipinski definition) is 3. The quantitative estimate of drug-likeness (QED) is 0.418. The Bertz CT molecular complexity index is 776. The molecule has 0 saturated carbocycles. The van der Waals surface area contributed by atoms with Crippen molar-refractivity contribution < 1.29 is 17.9 Å². The molecule has 27 heavy (non-hydrogen) atoms. The van der Waals surface area contributed by atoms with Crippen LogP contribution in [0, 0.1) is 19.7 Å². The van der Waals surface area contributed by atoms with Gasteiger partial charge in [-0.3, -0.25) is 9.67 Å². The summed E-state index contributed by atoms with van der Waals surface area (Å²) in [4.78, 5) is 4.05. The average molecular weight is 383 g/mol. The maximum Gasteiger partial charge on any atom is 0.387 e. The molecule has 2 rings (SSSR count). The van der Waals surface area contributed by atoms with Crippen molar-refractivity contribution in [2.24, 2.45) is 4.99 Å². The molecule has 2 aromatic rings. The molecule has 0 aliphatic rings. The normalized spacial score (nSPS) is 11.7. The summed E-state index contributed by atoms with van der Waals surface area (Å²) in [7, 11) is 1.58. The number of alkyl halides is 2. The Morgan fingerprint density at radius 1 is 1.30 bits per heavy atom. The summed E-state index contributed by atoms with van der Waals surface area (Å²) in [5, 5.41) is 10.4. The molecule has 0 aliphatic carbocycles. The Kier molecular flexibility index (Phi) is 7.51. The van der Waals surface area contributed by atoms with Gasteiger partial charge >= 0.3 is 6.61 Å². The minimum Gasteiger partial charge on any atom is -0.434 e. The third kappa shape index (κ3) is 6.19. The van der Waals surface area contributed by atoms with E-state index >= 15 is 0 Å². The van der Waals surface area contributed by atoms with Crippen LogP contribution in [0.15, 0.2) is 29.3 Å². The van der Waals surface area contributed by atoms with Crippen LogP contribution in [-0.2, 0) is 13.1 Å². The van der Waals surface area contributed by atoms with E-state index in [0.29, 0.717) is 12.5 Å². The van der Waals surface area contributed by atoms with Crippen LogP contribution >= 0.6 is 0 Å². The highest BCUT2D eigenvalue weighted by atomic mass is 19.3. The number of nitrogens with one attached hydrogen (secondary N) is 2. The van der Waals surface area contributed by atoms with Gasteiger partial charge in [0, 0.05) is 37.9 Å². The van der Waals surface area contributed by atoms with Crippen LogP contribution < -0.4 is 15.4 Å². The predicted molar refractivity (Wildman–Crippen MR) is 97.6 cm³/mol. The van der Waals surface area contributed by atoms with Crippen molar-refractivity contribution in [2.75, 3.05) is 13.6 Å². The van der Waals surface area contributed by atoms with Gasteiger partial charge in [-0.1, -0.05) is 6.07 Å². The molecule has 1 aromatic heterocycles. The van der Waals surface area contributed by atoms with E-state index in [2.05, 4.69) is 25.5 Å². The van der Waals surface area contributed by atoms with Crippen molar-refractivity contribution in [3.8, 4) is 5.75 Å². The summed E-state index contributed by atoms with van der Waals surface area (Å²) in [5.41, 5.74) is 2.09. The number of hydrogen-bond donors (Lipinski definition) is 2. The third-order valence-electron chi connectivity index (χ3n) is 3.89. The number of aryl methyl sites for hydroxylation is 3. The first-order valence-electron chi connectivity index (χ1n) is 8.58. The van der Waals surface area contributed by atoms with Crippen LogP contribution in [0.4, 0.5) is 13.2 Å². The van der Waals surface area contributed by atoms with E-state index in [-0.39, 0.29) is 17.9 Å². The second-order valence-electron chi connectivity index (χ2n) is 5.95. The topological polar surface area (TPSA) is 63.5 Å². The summed E-state index contributed by atoms with van der Waals surface area (Å²) in [6.07, 6.45) is 0.808. The SMILES string of the molecule is CN=C(NCCCn1nc(C)cc1C)NCc1c(F)cccc1OC(F)F. The highest BCUT2D eigenvalue weighted by Gasteiger charge is 2.14. The molecule has 0 spiro atoms. The Hall–Kier alpha value is -2.71. The second-order valence-corrected chi connectivity index (χ2v) is 5.95. The lowest BCUT2D eigenvalue weighted by atomic mass is 10.2. The molecule has 6 nitrogen and oxygen atoms in total. The Morgan fingerprint density at radius 2 is 2.07 bits per heavy atom. The molecule has 1 aromatic carbocycles. The Morgan fingerprint density at radius 3 is 2.70 bits per heavy atom. The number of rotatable bonds is 8. The van der Waals surface area contributed by atoms with Gasteiger partial charge in [-0.15, -0.1) is 0 Å². The number of aromatic nitrogens is 2. The predicted octanol–water partition coefficient (Wildman–Crippen LogP) is 3.00. The smallest absolute Gasteiger partial charge is 0.387 e. The van der Waals surface area contributed by atoms with Gasteiger partial charge in [-0.25, -0.2) is 4.39 Å². The van der Waals surface area contributed by atoms with Crippen molar-refractivity contribution in [1.29, 1.82) is 0 Å². The van der Waals surface area contributed by atoms with E-state index in [1.165, 1.54) is 18.2 Å². The number of ether oxygens (including phenoxy) is 1. The Labute approximate surface area is 156 Å². The molecular weight excluding hydrogens is 359 g/mol. The molecule has 0 radical (unpaired) electrons. The van der Waals surface area contributed by atoms with Crippen molar-refractivity contribution in [2.45, 2.75) is 40.0 Å². The fraction of sp³-hybridized carbons (Fsp3) is 0.444. The summed E-state index contributed by atoms with van der Waals surface area (Å²) in [6, 6.07) is 5.83. The van der Waals surface area contributed by atoms with Crippen molar-refractivity contribution in [3.05, 3.63) is 47.0 Å². The highest BCUT2D eigenvalue weighted by Crippen LogP contribution is 2.23. The van der Waals surface area contributed by atoms with Crippen LogP contribution in [-0.4, -0.2) is 35.9 Å². The highest BCUT2D eigenvalue weighted by molar-refractivity contribution is 5.79. The van der Waals surface area contributed by atoms with E-state index in [0.717, 1.165) is 24.4 Å². The lowest BCUT2D eigenvalue weighted by molar-refractivity contribution is -0.0506. The first-order chi connectivity index (χ1) is 12.9. The molecule has 2 N–H and O–H groups in total. The first kappa shape index (κ1) is 20.6. The molecule has 0 aliphatic heterocycles. The van der Waals surface area contributed by atoms with E-state index in [4.69, 9.17) is 0 Å². The summed E-state index contributed by atoms with van der Waals surface area (Å²) in [6.45, 7) is 2.27. The zero-order valence-electron chi connectivity index (χ0n) is 15.6. The van der Waals surface area contributed by atoms with Crippen LogP contribution in [0.3, 0.4) is 0 Å². The zero-order chi connectivity index (χ0) is 19.8. The molecule has 0 atom stereocenters. The largest absolute Gasteiger partial charge is 0.434 e. The molecule has 0 unspecified atom stereocenters. The maximum absolute atomic E-state index is 14.0. The fourth-order valence-electron chi connectivity index (χ4n) is 2.65. The van der Waals surface area contributed by atoms with Gasteiger partial charge in [0.1, 0.15) is 11.6 Å². The van der Waals surface area contributed by atoms with E-state index in [1.807, 2.05) is 24.6 Å². The van der Waals surface area contributed by atoms with Gasteiger partial charge in [-0.2, -0.15) is 13.9 Å². The molecule has 0 amide bonds. The van der Waals surface area contributed by atoms with Gasteiger partial charge in [0.25, 0.3) is 0 Å². The van der Waals surface area contributed by atoms with Crippen LogP contribution in [0.5, 0.6) is 5.75 Å². The second kappa shape index (κ2) is 9.84. The lowest BCUT2D eigenvalue weighted by Gasteiger charge is -2.15. The van der Waals surface area contributed by atoms with E-state index < -0.39 is 12.4 Å². The van der Waals surface area contributed by atoms with Gasteiger partial charge in [0.15, 0.2) is 5.96 Å². The molecule has 0 bridgehead atoms. The number of guanidine groups is 1. The summed E-state index contributed by atoms with van der Waals surface area (Å²) >= 11 is 0. The van der Waals surface area contributed by atoms with Crippen LogP contribution in [0.2, 0.25) is 0 Å². The molecule has 0 fully saturated rings. The van der Waals surface area contributed by atoms with E-state index in [9.17, 15) is 13.2 Å². The molecule has 9 heteroatoms. The minimum atomic E-state index is -3.02. The number of benzene rings is 1. The fourth-order valence-corrected chi connectivity index (χ4v) is 2.65. The Balaban J connectivity index is 1.84. The standard InChI is InChI=1S/C18H24F3N5O/c1-12-10-13(2)26(25-12)9-5-8-23-18(22-3)24-11-14-15(19)6-4-7-16(14)27-17(20)21/h4,6-7,10,17H,5,8-9,11H2,1-3H3,(H2,22,23,24). The molecule has 148 valence electrons. The van der Waals surface area contributed by atoms with Crippen LogP contribution in [0.25, 0.3) is 0 Å². The van der Waals surface area contributed by atoms with Crippen LogP contribution in [0.1, 0.15) is 23.4 Å². The summed E-state index contributed by atoms with van der Waals surface area (Å²) < 4.78 is 45.2. The van der Waals surface area contributed by atoms with Crippen molar-refractivity contribution >= 4 is 5.96 Å². The van der Waals surface area contributed by atoms with Gasteiger partial charge < -0.3 is 15.4 Å². The third-order valence-corrected chi connectivity index (χ3v) is 3.89. The minimum absolute atomic E-state index is 0.0170. The van der Waals surface area contributed by atoms with Gasteiger partial charge in [-0.05, 0) is 38.5 Å². The molecular formula is C18H24F3N5O. The monoisotopic (exact) mass is 383 g/mol. The summed E-state index contributed by atoms with van der Waals surface area (Å²) in [5.74, 6) is -0.382. The molecule has 0 saturated heterocycles.